The monoisotopic (exact) mass is 838 g/mol. The van der Waals surface area contributed by atoms with Crippen LogP contribution in [0.3, 0.4) is 0 Å². The van der Waals surface area contributed by atoms with Gasteiger partial charge in [-0.3, -0.25) is 9.59 Å². The fourth-order valence-electron chi connectivity index (χ4n) is 10.8. The van der Waals surface area contributed by atoms with Gasteiger partial charge < -0.3 is 36.8 Å². The van der Waals surface area contributed by atoms with E-state index in [0.717, 1.165) is 73.8 Å². The maximum atomic E-state index is 13.5. The van der Waals surface area contributed by atoms with Crippen LogP contribution in [0.15, 0.2) is 103 Å². The topological polar surface area (TPSA) is 168 Å². The van der Waals surface area contributed by atoms with E-state index in [1.165, 1.54) is 22.4 Å². The number of fused-ring (bicyclic) bond motifs is 4. The maximum absolute atomic E-state index is 13.5. The number of esters is 1. The van der Waals surface area contributed by atoms with Crippen LogP contribution in [-0.2, 0) is 51.1 Å². The fourth-order valence-corrected chi connectivity index (χ4v) is 10.8. The van der Waals surface area contributed by atoms with Crippen LogP contribution in [0.4, 0.5) is 11.4 Å². The Hall–Kier alpha value is -6.75. The van der Waals surface area contributed by atoms with Crippen LogP contribution < -0.4 is 22.1 Å². The van der Waals surface area contributed by atoms with Crippen LogP contribution in [-0.4, -0.2) is 34.4 Å². The smallest absolute Gasteiger partial charge is 0.340 e. The molecule has 2 aliphatic carbocycles. The number of nitrogens with two attached hydrogens (primary N) is 2. The first-order valence-electron chi connectivity index (χ1n) is 21.8. The minimum Gasteiger partial charge on any atom is -0.462 e. The molecule has 4 atom stereocenters. The second-order valence-corrected chi connectivity index (χ2v) is 17.4. The average molecular weight is 839 g/mol. The molecule has 320 valence electrons. The third-order valence-corrected chi connectivity index (χ3v) is 13.7. The Morgan fingerprint density at radius 1 is 0.667 bits per heavy atom. The molecule has 4 unspecified atom stereocenters. The number of carbonyl (C=O) groups excluding carboxylic acids is 3. The summed E-state index contributed by atoms with van der Waals surface area (Å²) < 4.78 is 5.29. The van der Waals surface area contributed by atoms with Crippen LogP contribution in [0.5, 0.6) is 0 Å². The van der Waals surface area contributed by atoms with E-state index in [-0.39, 0.29) is 23.7 Å². The summed E-state index contributed by atoms with van der Waals surface area (Å²) in [6, 6.07) is 30.8. The highest BCUT2D eigenvalue weighted by Crippen LogP contribution is 2.54. The molecule has 2 aliphatic heterocycles. The van der Waals surface area contributed by atoms with Crippen molar-refractivity contribution in [1.82, 2.24) is 9.97 Å². The number of aryl methyl sites for hydroxylation is 3. The van der Waals surface area contributed by atoms with Crippen molar-refractivity contribution in [1.29, 1.82) is 0 Å². The third kappa shape index (κ3) is 6.94. The second-order valence-electron chi connectivity index (χ2n) is 17.4. The van der Waals surface area contributed by atoms with Gasteiger partial charge in [-0.15, -0.1) is 0 Å². The summed E-state index contributed by atoms with van der Waals surface area (Å²) >= 11 is 0. The largest absolute Gasteiger partial charge is 0.462 e. The van der Waals surface area contributed by atoms with Gasteiger partial charge in [-0.2, -0.15) is 0 Å². The summed E-state index contributed by atoms with van der Waals surface area (Å²) in [6.07, 6.45) is 9.94. The quantitative estimate of drug-likeness (QED) is 0.0754. The Bertz CT molecular complexity index is 2880. The molecule has 63 heavy (non-hydrogen) atoms. The molecule has 2 amide bonds. The number of carbonyl (C=O) groups is 3. The van der Waals surface area contributed by atoms with E-state index in [1.54, 1.807) is 6.92 Å². The maximum Gasteiger partial charge on any atom is 0.340 e. The number of aromatic nitrogens is 2. The lowest BCUT2D eigenvalue weighted by atomic mass is 9.66. The zero-order valence-corrected chi connectivity index (χ0v) is 36.4. The Labute approximate surface area is 368 Å². The highest BCUT2D eigenvalue weighted by atomic mass is 16.5. The first kappa shape index (κ1) is 41.6. The Morgan fingerprint density at radius 2 is 1.17 bits per heavy atom. The van der Waals surface area contributed by atoms with Gasteiger partial charge in [-0.05, 0) is 108 Å². The summed E-state index contributed by atoms with van der Waals surface area (Å²) in [4.78, 5) is 46.4. The number of amides is 2. The van der Waals surface area contributed by atoms with Gasteiger partial charge in [0.15, 0.2) is 0 Å². The van der Waals surface area contributed by atoms with Crippen molar-refractivity contribution in [2.75, 3.05) is 17.2 Å². The first-order valence-corrected chi connectivity index (χ1v) is 21.8. The predicted molar refractivity (Wildman–Crippen MR) is 250 cm³/mol. The van der Waals surface area contributed by atoms with Crippen molar-refractivity contribution < 1.29 is 19.1 Å². The fraction of sp³-hybridized carbons (Fsp3) is 0.264. The average Bonchev–Trinajstić information content (AvgIpc) is 4.11. The summed E-state index contributed by atoms with van der Waals surface area (Å²) in [5.74, 6) is -1.03. The minimum atomic E-state index is -0.618. The molecule has 8 N–H and O–H groups in total. The van der Waals surface area contributed by atoms with E-state index in [9.17, 15) is 14.4 Å². The standard InChI is InChI=1S/C28H29N3O3.C25H25N3O/c1-4-34-27(33)24-16(2)23(30-17(24)3)14-28(12-11-19-7-5-6-8-21(19)28)25-20-13-18(15-29)9-10-22(20)31-26(25)32;1-15-11-16(2)27-22(15)13-25(10-9-18-5-3-4-6-20(18)25)23-19-12-17(14-26)7-8-21(19)28-24(23)29/h5-13,25,30H,4,14-15,29H2,1-3H3,(H,31,32);3-12,23,27H,13-14,26H2,1-2H3,(H,28,29). The second kappa shape index (κ2) is 16.2. The third-order valence-electron chi connectivity index (χ3n) is 13.7. The molecule has 0 radical (unpaired) electrons. The number of allylic oxidation sites excluding steroid dienone is 2. The van der Waals surface area contributed by atoms with Gasteiger partial charge >= 0.3 is 5.97 Å². The highest BCUT2D eigenvalue weighted by molar-refractivity contribution is 6.06. The van der Waals surface area contributed by atoms with Crippen molar-refractivity contribution in [3.63, 3.8) is 0 Å². The molecular formula is C53H54N6O4. The Kier molecular flexibility index (Phi) is 10.7. The number of benzene rings is 4. The number of anilines is 2. The van der Waals surface area contributed by atoms with Crippen LogP contribution in [0, 0.1) is 27.7 Å². The molecule has 0 saturated heterocycles. The summed E-state index contributed by atoms with van der Waals surface area (Å²) in [6.45, 7) is 11.0. The number of nitrogens with one attached hydrogen (secondary N) is 4. The molecule has 0 bridgehead atoms. The highest BCUT2D eigenvalue weighted by Gasteiger charge is 2.52. The molecular weight excluding hydrogens is 785 g/mol. The molecule has 10 heteroatoms. The van der Waals surface area contributed by atoms with Gasteiger partial charge in [0.05, 0.1) is 24.0 Å². The van der Waals surface area contributed by atoms with Crippen molar-refractivity contribution in [2.24, 2.45) is 11.5 Å². The molecule has 10 nitrogen and oxygen atoms in total. The van der Waals surface area contributed by atoms with E-state index < -0.39 is 16.7 Å². The van der Waals surface area contributed by atoms with Gasteiger partial charge in [0.1, 0.15) is 0 Å². The molecule has 4 heterocycles. The Balaban J connectivity index is 0.000000162. The van der Waals surface area contributed by atoms with Crippen molar-refractivity contribution in [3.05, 3.63) is 187 Å². The SMILES string of the molecule is CCOC(=O)c1c(C)[nH]c(CC2(C3C(=O)Nc4ccc(CN)cc43)C=Cc3ccccc32)c1C.Cc1cc(C)c(CC2(C3C(=O)Nc4ccc(CN)cc43)C=Cc3ccccc32)[nH]1. The van der Waals surface area contributed by atoms with Crippen molar-refractivity contribution >= 4 is 41.3 Å². The van der Waals surface area contributed by atoms with E-state index in [0.29, 0.717) is 31.7 Å². The lowest BCUT2D eigenvalue weighted by molar-refractivity contribution is -0.119. The predicted octanol–water partition coefficient (Wildman–Crippen LogP) is 8.84. The number of rotatable bonds is 10. The lowest BCUT2D eigenvalue weighted by Crippen LogP contribution is -2.37. The van der Waals surface area contributed by atoms with Gasteiger partial charge in [0, 0.05) is 70.9 Å². The molecule has 10 rings (SSSR count). The van der Waals surface area contributed by atoms with Crippen molar-refractivity contribution in [2.45, 2.75) is 83.2 Å². The lowest BCUT2D eigenvalue weighted by Gasteiger charge is -2.34. The van der Waals surface area contributed by atoms with E-state index in [2.05, 4.69) is 107 Å². The number of H-pyrrole nitrogens is 2. The van der Waals surface area contributed by atoms with Crippen LogP contribution in [0.25, 0.3) is 12.2 Å². The van der Waals surface area contributed by atoms with E-state index in [4.69, 9.17) is 16.2 Å². The Morgan fingerprint density at radius 3 is 1.65 bits per heavy atom. The van der Waals surface area contributed by atoms with Gasteiger partial charge in [-0.1, -0.05) is 97.1 Å². The number of ether oxygens (including phenoxy) is 1. The zero-order valence-electron chi connectivity index (χ0n) is 36.4. The molecule has 0 spiro atoms. The van der Waals surface area contributed by atoms with E-state index in [1.807, 2.05) is 56.3 Å². The molecule has 4 aliphatic rings. The number of hydrogen-bond donors (Lipinski definition) is 6. The molecule has 0 fully saturated rings. The summed E-state index contributed by atoms with van der Waals surface area (Å²) in [5, 5.41) is 6.20. The molecule has 2 aromatic heterocycles. The minimum absolute atomic E-state index is 0.0305. The molecule has 0 saturated carbocycles. The molecule has 6 aromatic rings. The number of aromatic amines is 2. The normalized spacial score (nSPS) is 21.0. The summed E-state index contributed by atoms with van der Waals surface area (Å²) in [7, 11) is 0. The van der Waals surface area contributed by atoms with Crippen LogP contribution in [0.1, 0.15) is 108 Å². The molecule has 4 aromatic carbocycles. The van der Waals surface area contributed by atoms with Gasteiger partial charge in [-0.25, -0.2) is 4.79 Å². The van der Waals surface area contributed by atoms with Gasteiger partial charge in [0.2, 0.25) is 11.8 Å². The van der Waals surface area contributed by atoms with Crippen molar-refractivity contribution in [3.8, 4) is 0 Å². The first-order chi connectivity index (χ1) is 30.4. The zero-order chi connectivity index (χ0) is 44.2. The van der Waals surface area contributed by atoms with Crippen LogP contribution >= 0.6 is 0 Å². The van der Waals surface area contributed by atoms with Crippen LogP contribution in [0.2, 0.25) is 0 Å². The summed E-state index contributed by atoms with van der Waals surface area (Å²) in [5.41, 5.74) is 27.8. The van der Waals surface area contributed by atoms with E-state index >= 15 is 0 Å². The van der Waals surface area contributed by atoms with Gasteiger partial charge in [0.25, 0.3) is 0 Å². The number of hydrogen-bond acceptors (Lipinski definition) is 6.